The largest absolute Gasteiger partial charge is 0.467 e. The number of primary amides is 4. The van der Waals surface area contributed by atoms with E-state index in [1.165, 1.54) is 6.20 Å². The summed E-state index contributed by atoms with van der Waals surface area (Å²) in [5, 5.41) is 1.72. The van der Waals surface area contributed by atoms with Gasteiger partial charge in [0.05, 0.1) is 64.3 Å². The van der Waals surface area contributed by atoms with Gasteiger partial charge in [-0.25, -0.2) is 24.5 Å². The Morgan fingerprint density at radius 3 is 1.11 bits per heavy atom. The van der Waals surface area contributed by atoms with Gasteiger partial charge in [-0.15, -0.1) is 0 Å². The molecule has 83 heavy (non-hydrogen) atoms. The normalized spacial score (nSPS) is 10.8. The van der Waals surface area contributed by atoms with Crippen molar-refractivity contribution in [3.05, 3.63) is 178 Å². The molecule has 0 fully saturated rings. The molecule has 8 N–H and O–H groups in total. The van der Waals surface area contributed by atoms with Crippen molar-refractivity contribution in [3.8, 4) is 17.6 Å². The molecule has 0 saturated carbocycles. The fraction of sp³-hybridized carbons (Fsp3) is 0.246. The number of pyridine rings is 3. The van der Waals surface area contributed by atoms with E-state index in [0.29, 0.717) is 47.0 Å². The molecule has 0 spiro atoms. The van der Waals surface area contributed by atoms with E-state index in [4.69, 9.17) is 46.6 Å². The molecular formula is C61H64N10O12. The lowest BCUT2D eigenvalue weighted by atomic mass is 10.1. The van der Waals surface area contributed by atoms with Gasteiger partial charge in [-0.05, 0) is 80.6 Å². The van der Waals surface area contributed by atoms with Crippen LogP contribution in [0.3, 0.4) is 0 Å². The van der Waals surface area contributed by atoms with E-state index in [1.54, 1.807) is 39.2 Å². The van der Waals surface area contributed by atoms with Crippen molar-refractivity contribution in [2.45, 2.75) is 67.1 Å². The number of hydrogen-bond acceptors (Lipinski definition) is 15. The van der Waals surface area contributed by atoms with Gasteiger partial charge in [0.15, 0.2) is 19.8 Å². The van der Waals surface area contributed by atoms with Crippen molar-refractivity contribution < 1.29 is 57.2 Å². The zero-order chi connectivity index (χ0) is 59.7. The van der Waals surface area contributed by atoms with Crippen LogP contribution in [0.2, 0.25) is 0 Å². The van der Waals surface area contributed by atoms with Crippen LogP contribution in [0.15, 0.2) is 128 Å². The van der Waals surface area contributed by atoms with Gasteiger partial charge in [-0.2, -0.15) is 0 Å². The van der Waals surface area contributed by atoms with E-state index in [0.717, 1.165) is 50.2 Å². The number of nitrogens with zero attached hydrogens (tertiary/aromatic N) is 6. The predicted molar refractivity (Wildman–Crippen MR) is 308 cm³/mol. The number of ketones is 1. The highest BCUT2D eigenvalue weighted by Crippen LogP contribution is 2.36. The van der Waals surface area contributed by atoms with Gasteiger partial charge >= 0.3 is 11.9 Å². The molecule has 0 atom stereocenters. The minimum absolute atomic E-state index is 0.0583. The summed E-state index contributed by atoms with van der Waals surface area (Å²) < 4.78 is 32.5. The number of fused-ring (bicyclic) bond motifs is 3. The number of esters is 2. The number of aromatic nitrogens is 6. The van der Waals surface area contributed by atoms with E-state index in [9.17, 15) is 33.6 Å². The summed E-state index contributed by atoms with van der Waals surface area (Å²) in [4.78, 5) is 94.6. The van der Waals surface area contributed by atoms with Crippen LogP contribution >= 0.6 is 0 Å². The van der Waals surface area contributed by atoms with Crippen LogP contribution in [0.5, 0.6) is 17.6 Å². The summed E-state index contributed by atoms with van der Waals surface area (Å²) >= 11 is 0. The standard InChI is InChI=1S/C21H21N3O5.C21H23N3O4.C19H20N4O3/c1-3-28-16(25)12-29-21-18-15(9-10-23-21)24(11-14-7-5-4-6-8-14)13(2)17(18)19(26)20(22)27;1-3-27-19(26)13-28-21-20-16(11-18(22)25)14(2)24(17(20)9-10-23-21)12-15-7-5-4-6-8-15;1-12-14(9-16(20)24)18-15(7-8-22-19(18)26-11-17(21)25)23(12)10-13-5-3-2-4-6-13/h4-10H,3,11-12H2,1-2H3,(H2,22,27);4-10H,3,11-13H2,1-2H3,(H2,22,25);2-8H,9-11H2,1H3,(H2,20,24)(H2,21,25). The Morgan fingerprint density at radius 1 is 0.434 bits per heavy atom. The highest BCUT2D eigenvalue weighted by molar-refractivity contribution is 6.45. The topological polar surface area (TPSA) is 323 Å². The van der Waals surface area contributed by atoms with Gasteiger partial charge in [0.2, 0.25) is 29.5 Å². The number of benzene rings is 3. The van der Waals surface area contributed by atoms with Crippen LogP contribution in [0.1, 0.15) is 69.1 Å². The molecule has 0 aliphatic carbocycles. The number of carbonyl (C=O) groups is 7. The third-order valence-electron chi connectivity index (χ3n) is 13.2. The third kappa shape index (κ3) is 14.9. The first kappa shape index (κ1) is 60.3. The second-order valence-electron chi connectivity index (χ2n) is 18.8. The molecular weight excluding hydrogens is 1060 g/mol. The Balaban J connectivity index is 0.000000179. The Labute approximate surface area is 477 Å². The maximum Gasteiger partial charge on any atom is 0.344 e. The summed E-state index contributed by atoms with van der Waals surface area (Å²) in [6.45, 7) is 10.3. The van der Waals surface area contributed by atoms with Gasteiger partial charge < -0.3 is 60.3 Å². The van der Waals surface area contributed by atoms with Crippen molar-refractivity contribution in [1.82, 2.24) is 28.7 Å². The molecule has 0 bridgehead atoms. The number of ether oxygens (including phenoxy) is 5. The maximum atomic E-state index is 12.6. The minimum atomic E-state index is -1.08. The Bertz CT molecular complexity index is 3820. The number of carbonyl (C=O) groups excluding carboxylic acids is 7. The van der Waals surface area contributed by atoms with E-state index in [1.807, 2.05) is 122 Å². The number of hydrogen-bond donors (Lipinski definition) is 4. The van der Waals surface area contributed by atoms with Crippen LogP contribution in [0.4, 0.5) is 0 Å². The lowest BCUT2D eigenvalue weighted by molar-refractivity contribution is -0.146. The Morgan fingerprint density at radius 2 is 0.771 bits per heavy atom. The molecule has 0 unspecified atom stereocenters. The van der Waals surface area contributed by atoms with Crippen LogP contribution in [0.25, 0.3) is 32.7 Å². The fourth-order valence-corrected chi connectivity index (χ4v) is 9.54. The second kappa shape index (κ2) is 28.2. The highest BCUT2D eigenvalue weighted by atomic mass is 16.6. The zero-order valence-electron chi connectivity index (χ0n) is 46.6. The van der Waals surface area contributed by atoms with Crippen molar-refractivity contribution in [3.63, 3.8) is 0 Å². The minimum Gasteiger partial charge on any atom is -0.467 e. The van der Waals surface area contributed by atoms with Gasteiger partial charge in [-0.1, -0.05) is 91.0 Å². The Kier molecular flexibility index (Phi) is 20.4. The van der Waals surface area contributed by atoms with Crippen LogP contribution in [-0.2, 0) is 70.7 Å². The first-order chi connectivity index (χ1) is 39.9. The smallest absolute Gasteiger partial charge is 0.344 e. The van der Waals surface area contributed by atoms with Crippen molar-refractivity contribution in [2.24, 2.45) is 22.9 Å². The predicted octanol–water partition coefficient (Wildman–Crippen LogP) is 5.65. The molecule has 9 rings (SSSR count). The lowest BCUT2D eigenvalue weighted by Crippen LogP contribution is -2.24. The third-order valence-corrected chi connectivity index (χ3v) is 13.2. The average molecular weight is 1130 g/mol. The molecule has 6 heterocycles. The summed E-state index contributed by atoms with van der Waals surface area (Å²) in [6.07, 6.45) is 4.86. The molecule has 3 aromatic carbocycles. The monoisotopic (exact) mass is 1130 g/mol. The van der Waals surface area contributed by atoms with Gasteiger partial charge in [-0.3, -0.25) is 24.0 Å². The first-order valence-corrected chi connectivity index (χ1v) is 26.3. The van der Waals surface area contributed by atoms with E-state index < -0.39 is 41.4 Å². The van der Waals surface area contributed by atoms with Gasteiger partial charge in [0, 0.05) is 55.3 Å². The first-order valence-electron chi connectivity index (χ1n) is 26.3. The van der Waals surface area contributed by atoms with E-state index >= 15 is 0 Å². The molecule has 0 aliphatic heterocycles. The average Bonchev–Trinajstić information content (AvgIpc) is 4.26. The highest BCUT2D eigenvalue weighted by Gasteiger charge is 2.28. The lowest BCUT2D eigenvalue weighted by Gasteiger charge is -2.09. The molecule has 9 aromatic rings. The SMILES string of the molecule is CCOC(=O)COc1nccc2c1c(C(=O)C(N)=O)c(C)n2Cc1ccccc1.CCOC(=O)COc1nccc2c1c(CC(N)=O)c(C)n2Cc1ccccc1.Cc1c(CC(N)=O)c2c(OCC(N)=O)nccc2n1Cc1ccccc1. The quantitative estimate of drug-likeness (QED) is 0.0342. The van der Waals surface area contributed by atoms with Gasteiger partial charge in [0.1, 0.15) is 0 Å². The van der Waals surface area contributed by atoms with Crippen molar-refractivity contribution >= 4 is 74.1 Å². The van der Waals surface area contributed by atoms with Crippen LogP contribution < -0.4 is 37.1 Å². The molecule has 22 nitrogen and oxygen atoms in total. The molecule has 0 saturated heterocycles. The summed E-state index contributed by atoms with van der Waals surface area (Å²) in [6, 6.07) is 35.1. The summed E-state index contributed by atoms with van der Waals surface area (Å²) in [7, 11) is 0. The van der Waals surface area contributed by atoms with Gasteiger partial charge in [0.25, 0.3) is 17.6 Å². The molecule has 0 aliphatic rings. The summed E-state index contributed by atoms with van der Waals surface area (Å²) in [5.74, 6) is -3.81. The Hall–Kier alpha value is -10.4. The van der Waals surface area contributed by atoms with Crippen LogP contribution in [0, 0.1) is 20.8 Å². The fourth-order valence-electron chi connectivity index (χ4n) is 9.54. The molecule has 22 heteroatoms. The van der Waals surface area contributed by atoms with Crippen molar-refractivity contribution in [1.29, 1.82) is 0 Å². The molecule has 430 valence electrons. The number of nitrogens with two attached hydrogens (primary N) is 4. The molecule has 4 amide bonds. The van der Waals surface area contributed by atoms with Crippen LogP contribution in [-0.4, -0.2) is 103 Å². The van der Waals surface area contributed by atoms with E-state index in [-0.39, 0.29) is 69.1 Å². The van der Waals surface area contributed by atoms with Crippen molar-refractivity contribution in [2.75, 3.05) is 33.0 Å². The van der Waals surface area contributed by atoms with E-state index in [2.05, 4.69) is 24.1 Å². The molecule has 6 aromatic heterocycles. The number of Topliss-reactive ketones (excluding diaryl/α,β-unsaturated/α-hetero) is 1. The number of rotatable bonds is 23. The second-order valence-corrected chi connectivity index (χ2v) is 18.8. The summed E-state index contributed by atoms with van der Waals surface area (Å²) in [5.41, 5.74) is 31.0. The maximum absolute atomic E-state index is 12.6. The zero-order valence-corrected chi connectivity index (χ0v) is 46.6. The molecule has 0 radical (unpaired) electrons. The number of amides is 4.